The average molecular weight is 304 g/mol. The smallest absolute Gasteiger partial charge is 0.269 e. The predicted octanol–water partition coefficient (Wildman–Crippen LogP) is 5.37. The quantitative estimate of drug-likeness (QED) is 0.480. The molecule has 23 heavy (non-hydrogen) atoms. The Morgan fingerprint density at radius 2 is 1.35 bits per heavy atom. The second kappa shape index (κ2) is 6.32. The van der Waals surface area contributed by atoms with Crippen molar-refractivity contribution in [3.8, 4) is 0 Å². The predicted molar refractivity (Wildman–Crippen MR) is 92.5 cm³/mol. The van der Waals surface area contributed by atoms with Crippen LogP contribution in [0.1, 0.15) is 5.56 Å². The molecule has 0 aliphatic rings. The molecule has 114 valence electrons. The van der Waals surface area contributed by atoms with Crippen LogP contribution in [0.3, 0.4) is 0 Å². The van der Waals surface area contributed by atoms with Crippen LogP contribution in [-0.2, 0) is 0 Å². The average Bonchev–Trinajstić information content (AvgIpc) is 2.58. The second-order valence-electron chi connectivity index (χ2n) is 5.23. The third kappa shape index (κ3) is 3.06. The molecule has 4 nitrogen and oxygen atoms in total. The molecule has 0 spiro atoms. The Kier molecular flexibility index (Phi) is 4.06. The van der Waals surface area contributed by atoms with Crippen molar-refractivity contribution in [3.05, 3.63) is 94.5 Å². The summed E-state index contributed by atoms with van der Waals surface area (Å²) in [6.07, 6.45) is 0. The Morgan fingerprint density at radius 3 is 1.96 bits per heavy atom. The van der Waals surface area contributed by atoms with Crippen molar-refractivity contribution in [2.45, 2.75) is 6.92 Å². The van der Waals surface area contributed by atoms with Crippen molar-refractivity contribution < 1.29 is 4.92 Å². The van der Waals surface area contributed by atoms with Gasteiger partial charge in [0.05, 0.1) is 4.92 Å². The lowest BCUT2D eigenvalue weighted by Gasteiger charge is -2.26. The van der Waals surface area contributed by atoms with Crippen molar-refractivity contribution >= 4 is 22.7 Å². The molecule has 4 heteroatoms. The lowest BCUT2D eigenvalue weighted by atomic mass is 10.1. The summed E-state index contributed by atoms with van der Waals surface area (Å²) >= 11 is 0. The minimum atomic E-state index is -0.385. The van der Waals surface area contributed by atoms with Crippen molar-refractivity contribution in [1.29, 1.82) is 0 Å². The summed E-state index contributed by atoms with van der Waals surface area (Å²) in [6, 6.07) is 24.7. The number of nitrogens with zero attached hydrogens (tertiary/aromatic N) is 2. The largest absolute Gasteiger partial charge is 0.310 e. The molecule has 3 rings (SSSR count). The summed E-state index contributed by atoms with van der Waals surface area (Å²) in [6.45, 7) is 2.05. The SMILES string of the molecule is Cc1ccccc1N(c1ccccc1)c1ccc([N+](=O)[O-])cc1. The summed E-state index contributed by atoms with van der Waals surface area (Å²) in [5, 5.41) is 10.9. The number of nitro groups is 1. The van der Waals surface area contributed by atoms with Gasteiger partial charge in [-0.25, -0.2) is 0 Å². The van der Waals surface area contributed by atoms with Gasteiger partial charge in [0.15, 0.2) is 0 Å². The van der Waals surface area contributed by atoms with E-state index >= 15 is 0 Å². The van der Waals surface area contributed by atoms with Gasteiger partial charge in [-0.15, -0.1) is 0 Å². The first kappa shape index (κ1) is 14.8. The second-order valence-corrected chi connectivity index (χ2v) is 5.23. The van der Waals surface area contributed by atoms with Gasteiger partial charge in [0.2, 0.25) is 0 Å². The van der Waals surface area contributed by atoms with Gasteiger partial charge < -0.3 is 4.90 Å². The summed E-state index contributed by atoms with van der Waals surface area (Å²) < 4.78 is 0. The number of para-hydroxylation sites is 2. The molecule has 0 unspecified atom stereocenters. The highest BCUT2D eigenvalue weighted by molar-refractivity contribution is 5.78. The maximum Gasteiger partial charge on any atom is 0.269 e. The monoisotopic (exact) mass is 304 g/mol. The molecule has 3 aromatic rings. The molecule has 0 atom stereocenters. The van der Waals surface area contributed by atoms with Crippen LogP contribution in [0.4, 0.5) is 22.7 Å². The van der Waals surface area contributed by atoms with Crippen LogP contribution in [0.15, 0.2) is 78.9 Å². The first-order chi connectivity index (χ1) is 11.2. The lowest BCUT2D eigenvalue weighted by Crippen LogP contribution is -2.11. The van der Waals surface area contributed by atoms with E-state index in [-0.39, 0.29) is 10.6 Å². The topological polar surface area (TPSA) is 46.4 Å². The van der Waals surface area contributed by atoms with Gasteiger partial charge in [-0.3, -0.25) is 10.1 Å². The molecule has 0 saturated heterocycles. The van der Waals surface area contributed by atoms with Crippen molar-refractivity contribution in [2.75, 3.05) is 4.90 Å². The van der Waals surface area contributed by atoms with E-state index in [4.69, 9.17) is 0 Å². The molecule has 0 fully saturated rings. The minimum Gasteiger partial charge on any atom is -0.310 e. The van der Waals surface area contributed by atoms with Crippen molar-refractivity contribution in [3.63, 3.8) is 0 Å². The van der Waals surface area contributed by atoms with Gasteiger partial charge in [0, 0.05) is 29.2 Å². The summed E-state index contributed by atoms with van der Waals surface area (Å²) in [4.78, 5) is 12.6. The third-order valence-electron chi connectivity index (χ3n) is 3.69. The Hall–Kier alpha value is -3.14. The van der Waals surface area contributed by atoms with Crippen LogP contribution < -0.4 is 4.90 Å². The number of non-ortho nitro benzene ring substituents is 1. The fourth-order valence-electron chi connectivity index (χ4n) is 2.54. The van der Waals surface area contributed by atoms with Crippen molar-refractivity contribution in [1.82, 2.24) is 0 Å². The fraction of sp³-hybridized carbons (Fsp3) is 0.0526. The lowest BCUT2D eigenvalue weighted by molar-refractivity contribution is -0.384. The molecule has 0 radical (unpaired) electrons. The van der Waals surface area contributed by atoms with E-state index in [1.807, 2.05) is 48.5 Å². The van der Waals surface area contributed by atoms with Crippen LogP contribution in [0.5, 0.6) is 0 Å². The number of aryl methyl sites for hydroxylation is 1. The number of hydrogen-bond acceptors (Lipinski definition) is 3. The van der Waals surface area contributed by atoms with Gasteiger partial charge in [-0.2, -0.15) is 0 Å². The minimum absolute atomic E-state index is 0.0894. The van der Waals surface area contributed by atoms with Crippen LogP contribution in [-0.4, -0.2) is 4.92 Å². The number of anilines is 3. The highest BCUT2D eigenvalue weighted by atomic mass is 16.6. The van der Waals surface area contributed by atoms with E-state index in [9.17, 15) is 10.1 Å². The fourth-order valence-corrected chi connectivity index (χ4v) is 2.54. The van der Waals surface area contributed by atoms with E-state index in [1.54, 1.807) is 12.1 Å². The normalized spacial score (nSPS) is 10.3. The van der Waals surface area contributed by atoms with E-state index in [1.165, 1.54) is 12.1 Å². The van der Waals surface area contributed by atoms with E-state index in [0.29, 0.717) is 0 Å². The number of benzene rings is 3. The third-order valence-corrected chi connectivity index (χ3v) is 3.69. The zero-order valence-electron chi connectivity index (χ0n) is 12.7. The molecule has 0 saturated carbocycles. The Balaban J connectivity index is 2.13. The van der Waals surface area contributed by atoms with Crippen LogP contribution in [0.25, 0.3) is 0 Å². The molecule has 3 aromatic carbocycles. The number of rotatable bonds is 4. The highest BCUT2D eigenvalue weighted by Gasteiger charge is 2.15. The first-order valence-electron chi connectivity index (χ1n) is 7.32. The Bertz CT molecular complexity index is 814. The summed E-state index contributed by atoms with van der Waals surface area (Å²) in [7, 11) is 0. The maximum atomic E-state index is 10.9. The molecule has 0 N–H and O–H groups in total. The zero-order valence-corrected chi connectivity index (χ0v) is 12.7. The standard InChI is InChI=1S/C19H16N2O2/c1-15-7-5-6-10-19(15)20(16-8-3-2-4-9-16)17-11-13-18(14-12-17)21(22)23/h2-14H,1H3. The Labute approximate surface area is 134 Å². The summed E-state index contributed by atoms with van der Waals surface area (Å²) in [5.41, 5.74) is 4.17. The van der Waals surface area contributed by atoms with E-state index in [0.717, 1.165) is 22.6 Å². The molecule has 0 aliphatic carbocycles. The first-order valence-corrected chi connectivity index (χ1v) is 7.32. The molecule has 0 bridgehead atoms. The van der Waals surface area contributed by atoms with Crippen LogP contribution in [0, 0.1) is 17.0 Å². The highest BCUT2D eigenvalue weighted by Crippen LogP contribution is 2.36. The van der Waals surface area contributed by atoms with Gasteiger partial charge in [0.1, 0.15) is 0 Å². The molecule has 0 aliphatic heterocycles. The summed E-state index contributed by atoms with van der Waals surface area (Å²) in [5.74, 6) is 0. The molecule has 0 amide bonds. The zero-order chi connectivity index (χ0) is 16.2. The van der Waals surface area contributed by atoms with Gasteiger partial charge in [-0.1, -0.05) is 36.4 Å². The van der Waals surface area contributed by atoms with Gasteiger partial charge in [0.25, 0.3) is 5.69 Å². The molecular formula is C19H16N2O2. The van der Waals surface area contributed by atoms with Crippen LogP contribution >= 0.6 is 0 Å². The molecule has 0 heterocycles. The Morgan fingerprint density at radius 1 is 0.783 bits per heavy atom. The van der Waals surface area contributed by atoms with Gasteiger partial charge in [-0.05, 0) is 42.8 Å². The van der Waals surface area contributed by atoms with E-state index < -0.39 is 0 Å². The van der Waals surface area contributed by atoms with Crippen molar-refractivity contribution in [2.24, 2.45) is 0 Å². The molecular weight excluding hydrogens is 288 g/mol. The number of hydrogen-bond donors (Lipinski definition) is 0. The molecule has 0 aromatic heterocycles. The van der Waals surface area contributed by atoms with E-state index in [2.05, 4.69) is 17.9 Å². The van der Waals surface area contributed by atoms with Crippen LogP contribution in [0.2, 0.25) is 0 Å². The maximum absolute atomic E-state index is 10.9. The number of nitro benzene ring substituents is 1. The van der Waals surface area contributed by atoms with Gasteiger partial charge >= 0.3 is 0 Å².